The summed E-state index contributed by atoms with van der Waals surface area (Å²) in [5.41, 5.74) is 5.05. The van der Waals surface area contributed by atoms with Crippen molar-refractivity contribution in [1.82, 2.24) is 14.8 Å². The number of amides is 1. The second-order valence-corrected chi connectivity index (χ2v) is 10.2. The van der Waals surface area contributed by atoms with E-state index >= 15 is 0 Å². The van der Waals surface area contributed by atoms with Crippen LogP contribution in [0.3, 0.4) is 0 Å². The van der Waals surface area contributed by atoms with Gasteiger partial charge in [0.2, 0.25) is 5.91 Å². The molecular formula is C38H65N5O. The molecule has 0 radical (unpaired) electrons. The Balaban J connectivity index is -0.000000873. The highest BCUT2D eigenvalue weighted by Gasteiger charge is 2.15. The van der Waals surface area contributed by atoms with Gasteiger partial charge in [0.1, 0.15) is 0 Å². The number of pyridine rings is 1. The van der Waals surface area contributed by atoms with Gasteiger partial charge in [0, 0.05) is 45.4 Å². The number of anilines is 3. The van der Waals surface area contributed by atoms with Gasteiger partial charge in [-0.3, -0.25) is 4.79 Å². The smallest absolute Gasteiger partial charge is 0.226 e. The normalized spacial score (nSPS) is 10.3. The van der Waals surface area contributed by atoms with E-state index in [2.05, 4.69) is 46.0 Å². The first-order valence-electron chi connectivity index (χ1n) is 15.3. The Kier molecular flexibility index (Phi) is 21.2. The number of benzene rings is 3. The highest BCUT2D eigenvalue weighted by atomic mass is 16.2. The number of carbonyl (C=O) groups excluding carboxylic acids is 1. The second-order valence-electron chi connectivity index (χ2n) is 10.2. The van der Waals surface area contributed by atoms with E-state index < -0.39 is 0 Å². The van der Waals surface area contributed by atoms with Crippen LogP contribution in [0.25, 0.3) is 21.8 Å². The van der Waals surface area contributed by atoms with E-state index in [-0.39, 0.29) is 35.6 Å². The van der Waals surface area contributed by atoms with Crippen LogP contribution >= 0.6 is 0 Å². The molecule has 248 valence electrons. The Morgan fingerprint density at radius 2 is 1.07 bits per heavy atom. The first-order valence-corrected chi connectivity index (χ1v) is 13.9. The van der Waals surface area contributed by atoms with Gasteiger partial charge in [0.15, 0.2) is 0 Å². The van der Waals surface area contributed by atoms with E-state index in [9.17, 15) is 4.79 Å². The molecule has 0 saturated heterocycles. The Labute approximate surface area is 274 Å². The van der Waals surface area contributed by atoms with Crippen molar-refractivity contribution in [1.29, 1.82) is 0 Å². The van der Waals surface area contributed by atoms with Gasteiger partial charge in [0.25, 0.3) is 0 Å². The first kappa shape index (κ1) is 40.5. The van der Waals surface area contributed by atoms with Crippen LogP contribution in [-0.4, -0.2) is 76.1 Å². The molecule has 0 bridgehead atoms. The number of aromatic nitrogens is 1. The third kappa shape index (κ3) is 13.0. The maximum absolute atomic E-state index is 12.0. The quantitative estimate of drug-likeness (QED) is 0.186. The van der Waals surface area contributed by atoms with Gasteiger partial charge < -0.3 is 19.6 Å². The number of hydrogen-bond acceptors (Lipinski definition) is 5. The van der Waals surface area contributed by atoms with E-state index in [0.29, 0.717) is 20.2 Å². The molecule has 44 heavy (non-hydrogen) atoms. The van der Waals surface area contributed by atoms with E-state index in [4.69, 9.17) is 7.73 Å². The Hall–Kier alpha value is -3.48. The van der Waals surface area contributed by atoms with E-state index in [1.165, 1.54) is 0 Å². The number of carbonyl (C=O) groups is 1. The average molecular weight is 612 g/mol. The van der Waals surface area contributed by atoms with Gasteiger partial charge in [-0.25, -0.2) is 4.98 Å². The molecule has 0 aliphatic carbocycles. The highest BCUT2D eigenvalue weighted by molar-refractivity contribution is 6.09. The van der Waals surface area contributed by atoms with Crippen LogP contribution in [0.4, 0.5) is 17.1 Å². The number of fused-ring (bicyclic) bond motifs is 2. The van der Waals surface area contributed by atoms with Crippen LogP contribution in [0.5, 0.6) is 0 Å². The number of rotatable bonds is 8. The maximum Gasteiger partial charge on any atom is 0.226 e. The fourth-order valence-corrected chi connectivity index (χ4v) is 4.22. The summed E-state index contributed by atoms with van der Waals surface area (Å²) < 4.78 is 13.5. The first-order chi connectivity index (χ1) is 20.1. The van der Waals surface area contributed by atoms with Gasteiger partial charge in [-0.1, -0.05) is 86.8 Å². The molecule has 4 aromatic rings. The topological polar surface area (TPSA) is 42.9 Å². The van der Waals surface area contributed by atoms with Crippen molar-refractivity contribution in [3.05, 3.63) is 72.8 Å². The van der Waals surface area contributed by atoms with Crippen LogP contribution < -0.4 is 9.80 Å². The van der Waals surface area contributed by atoms with Gasteiger partial charge in [-0.2, -0.15) is 0 Å². The van der Waals surface area contributed by atoms with E-state index in [1.54, 1.807) is 4.90 Å². The summed E-state index contributed by atoms with van der Waals surface area (Å²) >= 11 is 0. The molecule has 0 unspecified atom stereocenters. The average Bonchev–Trinajstić information content (AvgIpc) is 3.01. The maximum atomic E-state index is 12.0. The monoisotopic (exact) mass is 612 g/mol. The molecule has 0 spiro atoms. The molecule has 0 saturated carbocycles. The zero-order chi connectivity index (χ0) is 31.1. The van der Waals surface area contributed by atoms with Crippen LogP contribution in [0.2, 0.25) is 0 Å². The summed E-state index contributed by atoms with van der Waals surface area (Å²) in [6.45, 7) is 5.07. The summed E-state index contributed by atoms with van der Waals surface area (Å²) in [7, 11) is 12.0. The minimum atomic E-state index is 0. The summed E-state index contributed by atoms with van der Waals surface area (Å²) in [6, 6.07) is 24.5. The molecule has 1 aromatic heterocycles. The largest absolute Gasteiger partial charge is 0.344 e. The van der Waals surface area contributed by atoms with Crippen molar-refractivity contribution in [3.8, 4) is 0 Å². The zero-order valence-electron chi connectivity index (χ0n) is 27.5. The molecule has 0 N–H and O–H groups in total. The fourth-order valence-electron chi connectivity index (χ4n) is 4.22. The summed E-state index contributed by atoms with van der Waals surface area (Å²) in [6.07, 6.45) is 2.48. The fraction of sp³-hybridized carbons (Fsp3) is 0.474. The predicted octanol–water partition coefficient (Wildman–Crippen LogP) is 9.99. The Bertz CT molecular complexity index is 1300. The molecule has 6 nitrogen and oxygen atoms in total. The van der Waals surface area contributed by atoms with Crippen LogP contribution in [0, 0.1) is 0 Å². The van der Waals surface area contributed by atoms with Crippen LogP contribution in [0.15, 0.2) is 72.8 Å². The third-order valence-electron chi connectivity index (χ3n) is 6.41. The van der Waals surface area contributed by atoms with Crippen LogP contribution in [-0.2, 0) is 4.79 Å². The molecule has 0 atom stereocenters. The predicted molar refractivity (Wildman–Crippen MR) is 202 cm³/mol. The number of hydrogen-bond donors (Lipinski definition) is 0. The Morgan fingerprint density at radius 1 is 0.659 bits per heavy atom. The van der Waals surface area contributed by atoms with Crippen molar-refractivity contribution in [2.45, 2.75) is 69.7 Å². The standard InChI is InChI=1S/C24H23N3O.2C5H13N.4CH4/c1-4-23(28)26(2)17-13-15-18(16-14-17)27(3)24-19-9-5-7-11-21(19)25-22-12-8-6-10-20(22)24;2*1-4-5-6(2)3;;;;/h5-16H,4H2,1-3H3;2*4-5H2,1-3H3;4*1H4/i;2*1T;;;;. The van der Waals surface area contributed by atoms with Crippen molar-refractivity contribution < 1.29 is 7.54 Å². The molecule has 3 aromatic carbocycles. The zero-order valence-corrected chi connectivity index (χ0v) is 25.5. The minimum Gasteiger partial charge on any atom is -0.344 e. The highest BCUT2D eigenvalue weighted by Crippen LogP contribution is 2.37. The SMILES string of the molecule is C.C.C.C.CCC(=O)N(C)c1ccc(N(C)c2c3ccccc3nc3ccccc23)cc1.[3H]CCCN(C)C.[3H]CCCN(C)C. The summed E-state index contributed by atoms with van der Waals surface area (Å²) in [5, 5.41) is 2.23. The molecule has 0 aliphatic heterocycles. The minimum absolute atomic E-state index is 0. The molecule has 6 heteroatoms. The van der Waals surface area contributed by atoms with Crippen molar-refractivity contribution in [2.24, 2.45) is 0 Å². The number of nitrogens with zero attached hydrogens (tertiary/aromatic N) is 5. The lowest BCUT2D eigenvalue weighted by molar-refractivity contribution is -0.118. The van der Waals surface area contributed by atoms with E-state index in [1.807, 2.05) is 90.7 Å². The van der Waals surface area contributed by atoms with Crippen LogP contribution in [0.1, 0.15) is 72.4 Å². The summed E-state index contributed by atoms with van der Waals surface area (Å²) in [5.74, 6) is 0.104. The third-order valence-corrected chi connectivity index (χ3v) is 6.41. The van der Waals surface area contributed by atoms with Crippen molar-refractivity contribution in [3.63, 3.8) is 0 Å². The summed E-state index contributed by atoms with van der Waals surface area (Å²) in [4.78, 5) is 24.8. The lowest BCUT2D eigenvalue weighted by atomic mass is 10.1. The number of para-hydroxylation sites is 2. The van der Waals surface area contributed by atoms with Gasteiger partial charge in [-0.05, 0) is 90.5 Å². The van der Waals surface area contributed by atoms with Crippen molar-refractivity contribution >= 4 is 44.8 Å². The van der Waals surface area contributed by atoms with Gasteiger partial charge in [0.05, 0.1) is 16.7 Å². The molecule has 1 amide bonds. The molecule has 0 aliphatic rings. The van der Waals surface area contributed by atoms with Gasteiger partial charge >= 0.3 is 0 Å². The molecule has 1 heterocycles. The lowest BCUT2D eigenvalue weighted by Gasteiger charge is -2.24. The van der Waals surface area contributed by atoms with Crippen molar-refractivity contribution in [2.75, 3.05) is 65.2 Å². The van der Waals surface area contributed by atoms with Gasteiger partial charge in [-0.15, -0.1) is 0 Å². The van der Waals surface area contributed by atoms with E-state index in [0.717, 1.165) is 64.8 Å². The molecular weight excluding hydrogens is 542 g/mol. The molecule has 0 fully saturated rings. The molecule has 4 rings (SSSR count). The second kappa shape index (κ2) is 23.0. The Morgan fingerprint density at radius 3 is 1.43 bits per heavy atom. The lowest BCUT2D eigenvalue weighted by Crippen LogP contribution is -2.25.